The lowest BCUT2D eigenvalue weighted by Crippen LogP contribution is -2.15. The zero-order valence-corrected chi connectivity index (χ0v) is 40.5. The maximum Gasteiger partial charge on any atom is 0.0569 e. The molecule has 3 nitrogen and oxygen atoms in total. The summed E-state index contributed by atoms with van der Waals surface area (Å²) in [4.78, 5) is 7.37. The maximum atomic E-state index is 2.49. The van der Waals surface area contributed by atoms with Crippen molar-refractivity contribution in [1.82, 2.24) is 0 Å². The van der Waals surface area contributed by atoms with E-state index < -0.39 is 0 Å². The average Bonchev–Trinajstić information content (AvgIpc) is 3.42. The van der Waals surface area contributed by atoms with E-state index in [0.29, 0.717) is 0 Å². The number of fused-ring (bicyclic) bond motifs is 4. The standard InChI is InChI=1S/C68H53N3/c1-46-26-30-52-18-8-12-22-61(52)65(46)70(66-47(2)27-31-53-19-9-13-23-62(53)66)59-42-38-57(39-43-59)69(56-36-34-51(35-37-56)50-16-6-5-7-17-50)58-40-44-60(45-41-58)71(67-48(3)28-32-54-20-10-14-24-63(54)67)68-49(4)29-33-55-21-11-15-25-64(55)68/h5-45H,1-4H3. The van der Waals surface area contributed by atoms with Gasteiger partial charge in [-0.3, -0.25) is 0 Å². The number of nitrogens with zero attached hydrogens (tertiary/aromatic N) is 3. The van der Waals surface area contributed by atoms with Crippen molar-refractivity contribution in [2.24, 2.45) is 0 Å². The first kappa shape index (κ1) is 43.4. The van der Waals surface area contributed by atoms with Crippen molar-refractivity contribution < 1.29 is 0 Å². The fourth-order valence-corrected chi connectivity index (χ4v) is 10.8. The highest BCUT2D eigenvalue weighted by molar-refractivity contribution is 6.08. The Morgan fingerprint density at radius 3 is 0.746 bits per heavy atom. The minimum atomic E-state index is 1.06. The summed E-state index contributed by atoms with van der Waals surface area (Å²) in [6.45, 7) is 8.94. The van der Waals surface area contributed by atoms with Gasteiger partial charge in [0.05, 0.1) is 22.7 Å². The van der Waals surface area contributed by atoms with E-state index in [9.17, 15) is 0 Å². The fourth-order valence-electron chi connectivity index (χ4n) is 10.8. The van der Waals surface area contributed by atoms with Crippen LogP contribution in [0.2, 0.25) is 0 Å². The Morgan fingerprint density at radius 2 is 0.437 bits per heavy atom. The molecule has 0 amide bonds. The van der Waals surface area contributed by atoms with Gasteiger partial charge in [-0.15, -0.1) is 0 Å². The quantitative estimate of drug-likeness (QED) is 0.135. The summed E-state index contributed by atoms with van der Waals surface area (Å²) >= 11 is 0. The molecule has 340 valence electrons. The molecule has 0 heterocycles. The summed E-state index contributed by atoms with van der Waals surface area (Å²) in [5.41, 5.74) is 17.4. The van der Waals surface area contributed by atoms with Crippen LogP contribution in [-0.4, -0.2) is 0 Å². The van der Waals surface area contributed by atoms with Crippen molar-refractivity contribution in [2.75, 3.05) is 14.7 Å². The van der Waals surface area contributed by atoms with Crippen LogP contribution in [0.25, 0.3) is 54.2 Å². The van der Waals surface area contributed by atoms with E-state index in [1.807, 2.05) is 0 Å². The average molecular weight is 912 g/mol. The number of rotatable bonds is 10. The molecule has 0 atom stereocenters. The van der Waals surface area contributed by atoms with E-state index in [4.69, 9.17) is 0 Å². The van der Waals surface area contributed by atoms with Crippen molar-refractivity contribution in [3.8, 4) is 11.1 Å². The summed E-state index contributed by atoms with van der Waals surface area (Å²) in [6.07, 6.45) is 0. The van der Waals surface area contributed by atoms with Crippen LogP contribution >= 0.6 is 0 Å². The third-order valence-electron chi connectivity index (χ3n) is 14.3. The molecule has 12 aromatic carbocycles. The highest BCUT2D eigenvalue weighted by atomic mass is 15.2. The molecule has 0 fully saturated rings. The fraction of sp³-hybridized carbons (Fsp3) is 0.0588. The number of hydrogen-bond donors (Lipinski definition) is 0. The van der Waals surface area contributed by atoms with Gasteiger partial charge in [0, 0.05) is 50.0 Å². The first-order valence-electron chi connectivity index (χ1n) is 24.6. The summed E-state index contributed by atoms with van der Waals surface area (Å²) < 4.78 is 0. The molecular weight excluding hydrogens is 859 g/mol. The van der Waals surface area contributed by atoms with Crippen LogP contribution < -0.4 is 14.7 Å². The molecule has 12 rings (SSSR count). The van der Waals surface area contributed by atoms with Crippen molar-refractivity contribution >= 4 is 94.3 Å². The number of anilines is 9. The van der Waals surface area contributed by atoms with E-state index in [-0.39, 0.29) is 0 Å². The van der Waals surface area contributed by atoms with Gasteiger partial charge in [0.1, 0.15) is 0 Å². The summed E-state index contributed by atoms with van der Waals surface area (Å²) in [7, 11) is 0. The predicted octanol–water partition coefficient (Wildman–Crippen LogP) is 19.6. The van der Waals surface area contributed by atoms with E-state index in [2.05, 4.69) is 291 Å². The molecule has 0 aliphatic rings. The third kappa shape index (κ3) is 7.82. The second kappa shape index (κ2) is 18.2. The summed E-state index contributed by atoms with van der Waals surface area (Å²) in [5, 5.41) is 9.73. The van der Waals surface area contributed by atoms with Crippen LogP contribution in [0, 0.1) is 27.7 Å². The molecule has 0 spiro atoms. The first-order valence-corrected chi connectivity index (χ1v) is 24.6. The lowest BCUT2D eigenvalue weighted by molar-refractivity contribution is 1.23. The van der Waals surface area contributed by atoms with Crippen LogP contribution in [-0.2, 0) is 0 Å². The molecule has 3 heteroatoms. The number of benzene rings is 12. The SMILES string of the molecule is Cc1ccc2ccccc2c1N(c1ccc(N(c2ccc(-c3ccccc3)cc2)c2ccc(N(c3c(C)ccc4ccccc34)c3c(C)ccc4ccccc34)cc2)cc1)c1c(C)ccc2ccccc12. The molecule has 0 aliphatic carbocycles. The Balaban J connectivity index is 1.03. The van der Waals surface area contributed by atoms with Gasteiger partial charge in [-0.25, -0.2) is 0 Å². The predicted molar refractivity (Wildman–Crippen MR) is 305 cm³/mol. The van der Waals surface area contributed by atoms with Crippen molar-refractivity contribution in [3.63, 3.8) is 0 Å². The van der Waals surface area contributed by atoms with E-state index in [1.54, 1.807) is 0 Å². The molecule has 0 saturated carbocycles. The zero-order chi connectivity index (χ0) is 48.0. The molecule has 71 heavy (non-hydrogen) atoms. The molecule has 0 radical (unpaired) electrons. The van der Waals surface area contributed by atoms with Crippen LogP contribution in [0.5, 0.6) is 0 Å². The molecule has 0 saturated heterocycles. The van der Waals surface area contributed by atoms with Crippen LogP contribution in [0.4, 0.5) is 51.2 Å². The molecule has 12 aromatic rings. The third-order valence-corrected chi connectivity index (χ3v) is 14.3. The lowest BCUT2D eigenvalue weighted by Gasteiger charge is -2.32. The molecule has 0 bridgehead atoms. The van der Waals surface area contributed by atoms with Gasteiger partial charge in [-0.2, -0.15) is 0 Å². The second-order valence-corrected chi connectivity index (χ2v) is 18.8. The van der Waals surface area contributed by atoms with Crippen molar-refractivity contribution in [2.45, 2.75) is 27.7 Å². The Morgan fingerprint density at radius 1 is 0.197 bits per heavy atom. The van der Waals surface area contributed by atoms with Crippen LogP contribution in [0.3, 0.4) is 0 Å². The van der Waals surface area contributed by atoms with Gasteiger partial charge < -0.3 is 14.7 Å². The first-order chi connectivity index (χ1) is 34.9. The maximum absolute atomic E-state index is 2.49. The summed E-state index contributed by atoms with van der Waals surface area (Å²) in [6, 6.07) is 90.9. The second-order valence-electron chi connectivity index (χ2n) is 18.8. The van der Waals surface area contributed by atoms with Gasteiger partial charge in [0.15, 0.2) is 0 Å². The Labute approximate surface area is 416 Å². The van der Waals surface area contributed by atoms with Gasteiger partial charge in [-0.1, -0.05) is 188 Å². The molecule has 0 N–H and O–H groups in total. The Hall–Kier alpha value is -8.92. The number of aryl methyl sites for hydroxylation is 4. The monoisotopic (exact) mass is 911 g/mol. The highest BCUT2D eigenvalue weighted by Gasteiger charge is 2.25. The van der Waals surface area contributed by atoms with E-state index in [0.717, 1.165) is 28.4 Å². The van der Waals surface area contributed by atoms with E-state index in [1.165, 1.54) is 99.2 Å². The Bertz CT molecular complexity index is 3520. The summed E-state index contributed by atoms with van der Waals surface area (Å²) in [5.74, 6) is 0. The molecule has 0 unspecified atom stereocenters. The normalized spacial score (nSPS) is 11.4. The topological polar surface area (TPSA) is 9.72 Å². The molecule has 0 aromatic heterocycles. The smallest absolute Gasteiger partial charge is 0.0569 e. The highest BCUT2D eigenvalue weighted by Crippen LogP contribution is 2.49. The van der Waals surface area contributed by atoms with Crippen LogP contribution in [0.1, 0.15) is 22.3 Å². The van der Waals surface area contributed by atoms with Crippen molar-refractivity contribution in [1.29, 1.82) is 0 Å². The van der Waals surface area contributed by atoms with Crippen molar-refractivity contribution in [3.05, 3.63) is 271 Å². The zero-order valence-electron chi connectivity index (χ0n) is 40.5. The number of hydrogen-bond acceptors (Lipinski definition) is 3. The largest absolute Gasteiger partial charge is 0.311 e. The van der Waals surface area contributed by atoms with Gasteiger partial charge >= 0.3 is 0 Å². The lowest BCUT2D eigenvalue weighted by atomic mass is 9.98. The van der Waals surface area contributed by atoms with E-state index >= 15 is 0 Å². The van der Waals surface area contributed by atoms with Crippen LogP contribution in [0.15, 0.2) is 249 Å². The van der Waals surface area contributed by atoms with Gasteiger partial charge in [0.2, 0.25) is 0 Å². The molecule has 0 aliphatic heterocycles. The minimum absolute atomic E-state index is 1.06. The minimum Gasteiger partial charge on any atom is -0.311 e. The van der Waals surface area contributed by atoms with Gasteiger partial charge in [0.25, 0.3) is 0 Å². The Kier molecular flexibility index (Phi) is 11.1. The van der Waals surface area contributed by atoms with Gasteiger partial charge in [-0.05, 0) is 143 Å². The molecular formula is C68H53N3.